The molecule has 1 heterocycles. The Balaban J connectivity index is 2.07. The lowest BCUT2D eigenvalue weighted by atomic mass is 9.98. The van der Waals surface area contributed by atoms with E-state index in [1.54, 1.807) is 23.1 Å². The number of hydrogen-bond donors (Lipinski definition) is 4. The zero-order valence-corrected chi connectivity index (χ0v) is 15.7. The minimum absolute atomic E-state index is 0.00126. The quantitative estimate of drug-likeness (QED) is 0.212. The third kappa shape index (κ3) is 3.43. The number of thiocarbonyl (C=S) groups is 1. The molecule has 3 rings (SSSR count). The second-order valence-corrected chi connectivity index (χ2v) is 6.79. The Morgan fingerprint density at radius 3 is 2.67 bits per heavy atom. The van der Waals surface area contributed by atoms with Crippen LogP contribution >= 0.6 is 12.2 Å². The van der Waals surface area contributed by atoms with Gasteiger partial charge in [0, 0.05) is 17.4 Å². The van der Waals surface area contributed by atoms with E-state index in [4.69, 9.17) is 18.1 Å². The molecule has 0 fully saturated rings. The molecule has 0 saturated heterocycles. The Morgan fingerprint density at radius 2 is 2.04 bits per heavy atom. The van der Waals surface area contributed by atoms with Crippen LogP contribution in [0.5, 0.6) is 11.5 Å². The average Bonchev–Trinajstić information content (AvgIpc) is 2.99. The maximum atomic E-state index is 11.6. The summed E-state index contributed by atoms with van der Waals surface area (Å²) < 4.78 is 0. The van der Waals surface area contributed by atoms with Crippen molar-refractivity contribution in [3.05, 3.63) is 47.0 Å². The Morgan fingerprint density at radius 1 is 1.30 bits per heavy atom. The highest BCUT2D eigenvalue weighted by atomic mass is 32.1. The predicted molar refractivity (Wildman–Crippen MR) is 109 cm³/mol. The fraction of sp³-hybridized carbons (Fsp3) is 0.211. The predicted octanol–water partition coefficient (Wildman–Crippen LogP) is 2.80. The summed E-state index contributed by atoms with van der Waals surface area (Å²) in [5, 5.41) is 27.0. The summed E-state index contributed by atoms with van der Waals surface area (Å²) in [6.45, 7) is 3.85. The number of nitrogens with zero attached hydrogens (tertiary/aromatic N) is 2. The smallest absolute Gasteiger partial charge is 0.228 e. The van der Waals surface area contributed by atoms with Crippen molar-refractivity contribution >= 4 is 40.8 Å². The van der Waals surface area contributed by atoms with E-state index in [1.165, 1.54) is 11.6 Å². The summed E-state index contributed by atoms with van der Waals surface area (Å²) in [4.78, 5) is 13.1. The molecule has 0 spiro atoms. The van der Waals surface area contributed by atoms with E-state index in [0.717, 1.165) is 11.3 Å². The van der Waals surface area contributed by atoms with Gasteiger partial charge in [-0.3, -0.25) is 9.69 Å². The second-order valence-electron chi connectivity index (χ2n) is 6.58. The topological polar surface area (TPSA) is 111 Å². The first kappa shape index (κ1) is 18.7. The maximum absolute atomic E-state index is 11.6. The van der Waals surface area contributed by atoms with Crippen LogP contribution < -0.4 is 16.1 Å². The molecule has 140 valence electrons. The molecular weight excluding hydrogens is 364 g/mol. The first-order valence-electron chi connectivity index (χ1n) is 8.37. The molecule has 0 aliphatic carbocycles. The molecule has 0 saturated carbocycles. The number of nitrogens with two attached hydrogens (primary N) is 1. The molecule has 7 nitrogen and oxygen atoms in total. The number of phenolic OH excluding ortho intramolecular Hbond substituents is 2. The number of nitrogens with one attached hydrogen (secondary N) is 1. The van der Waals surface area contributed by atoms with Crippen LogP contribution in [-0.4, -0.2) is 27.4 Å². The van der Waals surface area contributed by atoms with Gasteiger partial charge >= 0.3 is 0 Å². The molecule has 1 aliphatic rings. The molecular formula is C19H20N4O3S. The number of benzene rings is 2. The Hall–Kier alpha value is -3.13. The number of carbonyl (C=O) groups excluding carboxylic acids is 1. The van der Waals surface area contributed by atoms with Crippen molar-refractivity contribution in [1.29, 1.82) is 0 Å². The zero-order valence-electron chi connectivity index (χ0n) is 14.9. The molecule has 1 aliphatic heterocycles. The van der Waals surface area contributed by atoms with Gasteiger partial charge in [0.15, 0.2) is 5.84 Å². The van der Waals surface area contributed by atoms with Crippen LogP contribution in [0.1, 0.15) is 36.5 Å². The van der Waals surface area contributed by atoms with Crippen LogP contribution in [0.4, 0.5) is 11.4 Å². The van der Waals surface area contributed by atoms with Crippen LogP contribution in [0, 0.1) is 0 Å². The fourth-order valence-electron chi connectivity index (χ4n) is 3.10. The van der Waals surface area contributed by atoms with Gasteiger partial charge in [-0.2, -0.15) is 5.10 Å². The van der Waals surface area contributed by atoms with Crippen molar-refractivity contribution in [2.24, 2.45) is 10.9 Å². The Labute approximate surface area is 162 Å². The first-order valence-corrected chi connectivity index (χ1v) is 8.84. The number of fused-ring (bicyclic) bond motifs is 1. The SMILES string of the molecule is CC(C)c1cc(/C(=N/N)N(C=S)c2ccc3c(c2)CC(=O)N3)c(O)cc1O. The number of rotatable bonds is 4. The van der Waals surface area contributed by atoms with Crippen molar-refractivity contribution in [1.82, 2.24) is 0 Å². The monoisotopic (exact) mass is 384 g/mol. The highest BCUT2D eigenvalue weighted by Crippen LogP contribution is 2.34. The van der Waals surface area contributed by atoms with Gasteiger partial charge in [-0.15, -0.1) is 0 Å². The summed E-state index contributed by atoms with van der Waals surface area (Å²) in [7, 11) is 0. The van der Waals surface area contributed by atoms with Gasteiger partial charge in [-0.05, 0) is 41.3 Å². The van der Waals surface area contributed by atoms with E-state index in [9.17, 15) is 15.0 Å². The standard InChI is InChI=1S/C19H20N4O3S/c1-10(2)13-7-14(17(25)8-16(13)24)19(22-20)23(9-27)12-3-4-15-11(5-12)6-18(26)21-15/h3-5,7-10,24-25H,6,20H2,1-2H3,(H,21,26)/b22-19-. The van der Waals surface area contributed by atoms with E-state index in [-0.39, 0.29) is 35.6 Å². The van der Waals surface area contributed by atoms with Gasteiger partial charge < -0.3 is 21.4 Å². The molecule has 0 atom stereocenters. The van der Waals surface area contributed by atoms with Gasteiger partial charge in [-0.25, -0.2) is 0 Å². The average molecular weight is 384 g/mol. The molecule has 2 aromatic rings. The molecule has 2 aromatic carbocycles. The normalized spacial score (nSPS) is 13.4. The van der Waals surface area contributed by atoms with Gasteiger partial charge in [0.05, 0.1) is 17.5 Å². The van der Waals surface area contributed by atoms with E-state index in [1.807, 2.05) is 19.9 Å². The third-order valence-electron chi connectivity index (χ3n) is 4.46. The Bertz CT molecular complexity index is 956. The molecule has 27 heavy (non-hydrogen) atoms. The van der Waals surface area contributed by atoms with Crippen LogP contribution in [0.3, 0.4) is 0 Å². The summed E-state index contributed by atoms with van der Waals surface area (Å²) in [6, 6.07) is 8.29. The highest BCUT2D eigenvalue weighted by Gasteiger charge is 2.23. The zero-order chi connectivity index (χ0) is 19.7. The van der Waals surface area contributed by atoms with E-state index in [0.29, 0.717) is 16.8 Å². The lowest BCUT2D eigenvalue weighted by Gasteiger charge is -2.23. The molecule has 0 radical (unpaired) electrons. The van der Waals surface area contributed by atoms with Crippen molar-refractivity contribution in [3.8, 4) is 11.5 Å². The lowest BCUT2D eigenvalue weighted by Crippen LogP contribution is -2.31. The summed E-state index contributed by atoms with van der Waals surface area (Å²) in [6.07, 6.45) is 0.283. The van der Waals surface area contributed by atoms with Crippen molar-refractivity contribution in [2.75, 3.05) is 10.2 Å². The van der Waals surface area contributed by atoms with Crippen LogP contribution in [0.15, 0.2) is 35.4 Å². The summed E-state index contributed by atoms with van der Waals surface area (Å²) in [5.74, 6) is 5.64. The first-order chi connectivity index (χ1) is 12.8. The van der Waals surface area contributed by atoms with Crippen LogP contribution in [-0.2, 0) is 11.2 Å². The van der Waals surface area contributed by atoms with E-state index < -0.39 is 0 Å². The van der Waals surface area contributed by atoms with E-state index >= 15 is 0 Å². The minimum atomic E-state index is -0.166. The van der Waals surface area contributed by atoms with Gasteiger partial charge in [0.25, 0.3) is 0 Å². The number of aromatic hydroxyl groups is 2. The van der Waals surface area contributed by atoms with Crippen LogP contribution in [0.25, 0.3) is 0 Å². The lowest BCUT2D eigenvalue weighted by molar-refractivity contribution is -0.115. The maximum Gasteiger partial charge on any atom is 0.228 e. The van der Waals surface area contributed by atoms with Crippen molar-refractivity contribution in [3.63, 3.8) is 0 Å². The molecule has 0 unspecified atom stereocenters. The number of hydrogen-bond acceptors (Lipinski definition) is 6. The van der Waals surface area contributed by atoms with Gasteiger partial charge in [-0.1, -0.05) is 26.1 Å². The van der Waals surface area contributed by atoms with Gasteiger partial charge in [0.1, 0.15) is 11.5 Å². The summed E-state index contributed by atoms with van der Waals surface area (Å²) in [5.41, 5.74) is 4.61. The number of amidine groups is 1. The Kier molecular flexibility index (Phi) is 5.00. The number of hydrazone groups is 1. The third-order valence-corrected chi connectivity index (χ3v) is 4.67. The number of anilines is 2. The minimum Gasteiger partial charge on any atom is -0.508 e. The molecule has 0 bridgehead atoms. The van der Waals surface area contributed by atoms with Crippen molar-refractivity contribution in [2.45, 2.75) is 26.2 Å². The second kappa shape index (κ2) is 7.24. The number of phenols is 2. The van der Waals surface area contributed by atoms with Crippen molar-refractivity contribution < 1.29 is 15.0 Å². The highest BCUT2D eigenvalue weighted by molar-refractivity contribution is 7.79. The van der Waals surface area contributed by atoms with Crippen LogP contribution in [0.2, 0.25) is 0 Å². The molecule has 8 heteroatoms. The molecule has 0 aromatic heterocycles. The van der Waals surface area contributed by atoms with E-state index in [2.05, 4.69) is 10.4 Å². The van der Waals surface area contributed by atoms with Gasteiger partial charge in [0.2, 0.25) is 5.91 Å². The molecule has 5 N–H and O–H groups in total. The summed E-state index contributed by atoms with van der Waals surface area (Å²) >= 11 is 5.15. The number of amides is 1. The fourth-order valence-corrected chi connectivity index (χ4v) is 3.32. The number of carbonyl (C=O) groups is 1. The molecule has 1 amide bonds. The largest absolute Gasteiger partial charge is 0.508 e.